The van der Waals surface area contributed by atoms with E-state index < -0.39 is 0 Å². The summed E-state index contributed by atoms with van der Waals surface area (Å²) >= 11 is 0. The third kappa shape index (κ3) is 5.61. The summed E-state index contributed by atoms with van der Waals surface area (Å²) < 4.78 is 0. The van der Waals surface area contributed by atoms with Gasteiger partial charge in [-0.3, -0.25) is 9.69 Å². The van der Waals surface area contributed by atoms with Gasteiger partial charge < -0.3 is 20.0 Å². The Morgan fingerprint density at radius 2 is 1.50 bits per heavy atom. The van der Waals surface area contributed by atoms with Gasteiger partial charge >= 0.3 is 6.03 Å². The molecule has 0 atom stereocenters. The minimum Gasteiger partial charge on any atom is -0.372 e. The molecular weight excluding hydrogens is 354 g/mol. The van der Waals surface area contributed by atoms with Crippen LogP contribution in [-0.2, 0) is 4.79 Å². The first-order valence-electron chi connectivity index (χ1n) is 10.4. The van der Waals surface area contributed by atoms with Crippen LogP contribution in [0.1, 0.15) is 25.7 Å². The Morgan fingerprint density at radius 1 is 0.893 bits per heavy atom. The van der Waals surface area contributed by atoms with Crippen molar-refractivity contribution in [1.29, 1.82) is 0 Å². The van der Waals surface area contributed by atoms with Crippen LogP contribution in [0.25, 0.3) is 0 Å². The van der Waals surface area contributed by atoms with E-state index in [-0.39, 0.29) is 11.9 Å². The quantitative estimate of drug-likeness (QED) is 0.861. The summed E-state index contributed by atoms with van der Waals surface area (Å²) in [5.41, 5.74) is 2.08. The molecule has 7 heteroatoms. The van der Waals surface area contributed by atoms with Crippen LogP contribution in [0.15, 0.2) is 24.3 Å². The van der Waals surface area contributed by atoms with Gasteiger partial charge in [0.05, 0.1) is 6.54 Å². The summed E-state index contributed by atoms with van der Waals surface area (Å²) in [5, 5.41) is 3.00. The minimum atomic E-state index is -0.00471. The van der Waals surface area contributed by atoms with Crippen LogP contribution in [0.4, 0.5) is 16.2 Å². The average Bonchev–Trinajstić information content (AvgIpc) is 2.98. The zero-order chi connectivity index (χ0) is 19.9. The molecular formula is C21H33N5O2. The van der Waals surface area contributed by atoms with E-state index in [1.807, 2.05) is 17.0 Å². The zero-order valence-electron chi connectivity index (χ0n) is 17.2. The Kier molecular flexibility index (Phi) is 7.14. The topological polar surface area (TPSA) is 59.1 Å². The Balaban J connectivity index is 1.44. The number of nitrogens with zero attached hydrogens (tertiary/aromatic N) is 4. The monoisotopic (exact) mass is 387 g/mol. The Labute approximate surface area is 168 Å². The molecule has 2 aliphatic rings. The first-order chi connectivity index (χ1) is 13.5. The van der Waals surface area contributed by atoms with Crippen molar-refractivity contribution in [3.05, 3.63) is 24.3 Å². The Hall–Kier alpha value is -2.28. The molecule has 2 fully saturated rings. The van der Waals surface area contributed by atoms with Crippen molar-refractivity contribution in [2.45, 2.75) is 25.7 Å². The fourth-order valence-electron chi connectivity index (χ4n) is 3.87. The zero-order valence-corrected chi connectivity index (χ0v) is 17.2. The second-order valence-corrected chi connectivity index (χ2v) is 7.94. The lowest BCUT2D eigenvalue weighted by atomic mass is 10.2. The predicted octanol–water partition coefficient (Wildman–Crippen LogP) is 2.30. The molecule has 1 aromatic carbocycles. The largest absolute Gasteiger partial charge is 0.372 e. The third-order valence-corrected chi connectivity index (χ3v) is 5.51. The number of amides is 3. The van der Waals surface area contributed by atoms with Crippen LogP contribution in [0, 0.1) is 0 Å². The summed E-state index contributed by atoms with van der Waals surface area (Å²) in [4.78, 5) is 32.3. The van der Waals surface area contributed by atoms with E-state index in [9.17, 15) is 9.59 Å². The Morgan fingerprint density at radius 3 is 2.07 bits per heavy atom. The van der Waals surface area contributed by atoms with Gasteiger partial charge in [-0.25, -0.2) is 4.79 Å². The molecule has 0 aliphatic carbocycles. The molecule has 0 bridgehead atoms. The highest BCUT2D eigenvalue weighted by Crippen LogP contribution is 2.21. The lowest BCUT2D eigenvalue weighted by molar-refractivity contribution is -0.117. The summed E-state index contributed by atoms with van der Waals surface area (Å²) in [6.45, 7) is 5.37. The van der Waals surface area contributed by atoms with Gasteiger partial charge in [0.2, 0.25) is 5.91 Å². The highest BCUT2D eigenvalue weighted by molar-refractivity contribution is 5.92. The van der Waals surface area contributed by atoms with Crippen molar-refractivity contribution < 1.29 is 9.59 Å². The maximum atomic E-state index is 12.4. The number of hydrogen-bond acceptors (Lipinski definition) is 4. The first kappa shape index (κ1) is 20.5. The summed E-state index contributed by atoms with van der Waals surface area (Å²) in [5.74, 6) is -0.00471. The number of hydrogen-bond donors (Lipinski definition) is 1. The molecule has 1 N–H and O–H groups in total. The maximum absolute atomic E-state index is 12.4. The number of carbonyl (C=O) groups excluding carboxylic acids is 2. The third-order valence-electron chi connectivity index (χ3n) is 5.51. The number of carbonyl (C=O) groups is 2. The van der Waals surface area contributed by atoms with Crippen molar-refractivity contribution >= 4 is 23.3 Å². The van der Waals surface area contributed by atoms with Crippen LogP contribution in [0.3, 0.4) is 0 Å². The van der Waals surface area contributed by atoms with E-state index in [1.54, 1.807) is 19.0 Å². The van der Waals surface area contributed by atoms with Gasteiger partial charge in [-0.05, 0) is 37.1 Å². The molecule has 0 unspecified atom stereocenters. The number of anilines is 2. The van der Waals surface area contributed by atoms with Crippen LogP contribution in [0.5, 0.6) is 0 Å². The van der Waals surface area contributed by atoms with Crippen LogP contribution in [-0.4, -0.2) is 86.5 Å². The molecule has 2 heterocycles. The van der Waals surface area contributed by atoms with Gasteiger partial charge in [-0.2, -0.15) is 0 Å². The van der Waals surface area contributed by atoms with Crippen molar-refractivity contribution in [2.24, 2.45) is 0 Å². The molecule has 2 saturated heterocycles. The van der Waals surface area contributed by atoms with Gasteiger partial charge in [0.15, 0.2) is 0 Å². The molecule has 154 valence electrons. The normalized spacial score (nSPS) is 18.5. The van der Waals surface area contributed by atoms with Gasteiger partial charge in [-0.1, -0.05) is 12.8 Å². The molecule has 3 rings (SSSR count). The highest BCUT2D eigenvalue weighted by atomic mass is 16.2. The van der Waals surface area contributed by atoms with Crippen LogP contribution < -0.4 is 10.2 Å². The second-order valence-electron chi connectivity index (χ2n) is 7.94. The molecule has 0 spiro atoms. The van der Waals surface area contributed by atoms with Gasteiger partial charge in [0, 0.05) is 64.7 Å². The SMILES string of the molecule is CN(C)C(=O)N1CCN(CC(=O)Nc2ccc(N3CCCCCC3)cc2)CC1. The van der Waals surface area contributed by atoms with Crippen LogP contribution in [0.2, 0.25) is 0 Å². The molecule has 28 heavy (non-hydrogen) atoms. The molecule has 0 radical (unpaired) electrons. The molecule has 0 aromatic heterocycles. The smallest absolute Gasteiger partial charge is 0.319 e. The van der Waals surface area contributed by atoms with Crippen molar-refractivity contribution in [3.63, 3.8) is 0 Å². The van der Waals surface area contributed by atoms with E-state index in [1.165, 1.54) is 31.4 Å². The number of nitrogens with one attached hydrogen (secondary N) is 1. The maximum Gasteiger partial charge on any atom is 0.319 e. The fourth-order valence-corrected chi connectivity index (χ4v) is 3.87. The molecule has 7 nitrogen and oxygen atoms in total. The van der Waals surface area contributed by atoms with E-state index >= 15 is 0 Å². The highest BCUT2D eigenvalue weighted by Gasteiger charge is 2.23. The lowest BCUT2D eigenvalue weighted by Crippen LogP contribution is -2.52. The molecule has 0 saturated carbocycles. The summed E-state index contributed by atoms with van der Waals surface area (Å²) in [6, 6.07) is 8.23. The van der Waals surface area contributed by atoms with E-state index in [0.717, 1.165) is 31.9 Å². The van der Waals surface area contributed by atoms with Gasteiger partial charge in [0.1, 0.15) is 0 Å². The number of benzene rings is 1. The lowest BCUT2D eigenvalue weighted by Gasteiger charge is -2.35. The number of urea groups is 1. The molecule has 1 aromatic rings. The van der Waals surface area contributed by atoms with E-state index in [2.05, 4.69) is 27.2 Å². The summed E-state index contributed by atoms with van der Waals surface area (Å²) in [6.07, 6.45) is 5.15. The molecule has 2 aliphatic heterocycles. The minimum absolute atomic E-state index is 0.00471. The van der Waals surface area contributed by atoms with Crippen molar-refractivity contribution in [1.82, 2.24) is 14.7 Å². The van der Waals surface area contributed by atoms with E-state index in [0.29, 0.717) is 19.6 Å². The second kappa shape index (κ2) is 9.78. The van der Waals surface area contributed by atoms with E-state index in [4.69, 9.17) is 0 Å². The number of piperazine rings is 1. The molecule has 3 amide bonds. The number of rotatable bonds is 4. The average molecular weight is 388 g/mol. The van der Waals surface area contributed by atoms with Gasteiger partial charge in [0.25, 0.3) is 0 Å². The van der Waals surface area contributed by atoms with Gasteiger partial charge in [-0.15, -0.1) is 0 Å². The fraction of sp³-hybridized carbons (Fsp3) is 0.619. The standard InChI is InChI=1S/C21H33N5O2/c1-23(2)21(28)26-15-13-24(14-16-26)17-20(27)22-18-7-9-19(10-8-18)25-11-5-3-4-6-12-25/h7-10H,3-6,11-17H2,1-2H3,(H,22,27). The van der Waals surface area contributed by atoms with Crippen LogP contribution >= 0.6 is 0 Å². The van der Waals surface area contributed by atoms with Crippen molar-refractivity contribution in [2.75, 3.05) is 70.1 Å². The van der Waals surface area contributed by atoms with Crippen molar-refractivity contribution in [3.8, 4) is 0 Å². The summed E-state index contributed by atoms with van der Waals surface area (Å²) in [7, 11) is 3.53. The Bertz CT molecular complexity index is 645. The first-order valence-corrected chi connectivity index (χ1v) is 10.4. The predicted molar refractivity (Wildman–Crippen MR) is 113 cm³/mol.